The van der Waals surface area contributed by atoms with Crippen LogP contribution in [0.3, 0.4) is 0 Å². The number of carbonyl (C=O) groups excluding carboxylic acids is 1. The van der Waals surface area contributed by atoms with Gasteiger partial charge in [0.25, 0.3) is 5.01 Å². The van der Waals surface area contributed by atoms with E-state index in [1.54, 1.807) is 23.1 Å². The number of aliphatic carboxylic acids is 2. The van der Waals surface area contributed by atoms with Crippen LogP contribution in [0.4, 0.5) is 5.69 Å². The predicted octanol–water partition coefficient (Wildman–Crippen LogP) is 8.22. The molecule has 0 atom stereocenters. The second kappa shape index (κ2) is 14.4. The first-order valence-corrected chi connectivity index (χ1v) is 17.6. The van der Waals surface area contributed by atoms with E-state index in [4.69, 9.17) is 0 Å². The predicted molar refractivity (Wildman–Crippen MR) is 199 cm³/mol. The monoisotopic (exact) mass is 680 g/mol. The molecule has 1 aliphatic heterocycles. The van der Waals surface area contributed by atoms with Gasteiger partial charge in [0.2, 0.25) is 5.52 Å². The van der Waals surface area contributed by atoms with Gasteiger partial charge in [0.1, 0.15) is 4.70 Å². The Morgan fingerprint density at radius 1 is 0.816 bits per heavy atom. The molecule has 2 heterocycles. The quantitative estimate of drug-likeness (QED) is 0.110. The first-order chi connectivity index (χ1) is 24.0. The van der Waals surface area contributed by atoms with Gasteiger partial charge in [-0.1, -0.05) is 132 Å². The second-order valence-electron chi connectivity index (χ2n) is 11.6. The molecule has 0 aliphatic carbocycles. The molecule has 7 rings (SSSR count). The van der Waals surface area contributed by atoms with Gasteiger partial charge in [-0.3, -0.25) is 4.79 Å². The van der Waals surface area contributed by atoms with Gasteiger partial charge in [-0.15, -0.1) is 0 Å². The van der Waals surface area contributed by atoms with Crippen LogP contribution < -0.4 is 14.6 Å². The number of hydrogen-bond donors (Lipinski definition) is 1. The van der Waals surface area contributed by atoms with Gasteiger partial charge in [0.05, 0.1) is 17.1 Å². The molecule has 0 unspecified atom stereocenters. The molecule has 0 bridgehead atoms. The lowest BCUT2D eigenvalue weighted by atomic mass is 10.0. The number of fused-ring (bicyclic) bond motifs is 6. The summed E-state index contributed by atoms with van der Waals surface area (Å²) in [4.78, 5) is 26.2. The van der Waals surface area contributed by atoms with Crippen LogP contribution in [0.2, 0.25) is 0 Å². The Kier molecular flexibility index (Phi) is 9.41. The van der Waals surface area contributed by atoms with Gasteiger partial charge in [-0.25, -0.2) is 0 Å². The molecule has 8 heteroatoms. The molecule has 1 N–H and O–H groups in total. The Morgan fingerprint density at radius 3 is 2.31 bits per heavy atom. The smallest absolute Gasteiger partial charge is 0.305 e. The number of carboxylic acid groups (broad SMARTS) is 2. The highest BCUT2D eigenvalue weighted by Gasteiger charge is 2.27. The van der Waals surface area contributed by atoms with E-state index in [1.165, 1.54) is 0 Å². The molecule has 0 spiro atoms. The number of aromatic nitrogens is 1. The number of benzene rings is 5. The number of allylic oxidation sites excluding steroid dienone is 6. The summed E-state index contributed by atoms with van der Waals surface area (Å²) >= 11 is 3.31. The lowest BCUT2D eigenvalue weighted by molar-refractivity contribution is -0.668. The third-order valence-electron chi connectivity index (χ3n) is 8.47. The van der Waals surface area contributed by atoms with Gasteiger partial charge in [0.15, 0.2) is 6.54 Å². The summed E-state index contributed by atoms with van der Waals surface area (Å²) in [5.41, 5.74) is 4.06. The van der Waals surface area contributed by atoms with Crippen molar-refractivity contribution in [1.82, 2.24) is 0 Å². The Hall–Kier alpha value is -5.44. The summed E-state index contributed by atoms with van der Waals surface area (Å²) in [5, 5.41) is 27.4. The SMILES string of the molecule is O=C([O-])CC[n+]1c(/C=C/C=C(/C=C/C=C2\Sc3c(ccc4ccccc34)N2CCC(=O)O)c2ccccc2)sc2c3ccccc3ccc21. The number of thioether (sulfide) groups is 1. The van der Waals surface area contributed by atoms with E-state index in [-0.39, 0.29) is 12.8 Å². The van der Waals surface area contributed by atoms with Crippen molar-refractivity contribution in [2.45, 2.75) is 24.3 Å². The summed E-state index contributed by atoms with van der Waals surface area (Å²) in [5.74, 6) is -1.91. The topological polar surface area (TPSA) is 84.5 Å². The fraction of sp³-hybridized carbons (Fsp3) is 0.0976. The molecular formula is C41H32N2O4S2. The molecule has 1 aliphatic rings. The molecule has 242 valence electrons. The van der Waals surface area contributed by atoms with Gasteiger partial charge in [0, 0.05) is 41.4 Å². The molecule has 0 saturated carbocycles. The molecule has 0 amide bonds. The average molecular weight is 681 g/mol. The molecule has 6 nitrogen and oxygen atoms in total. The summed E-state index contributed by atoms with van der Waals surface area (Å²) in [7, 11) is 0. The van der Waals surface area contributed by atoms with Crippen molar-refractivity contribution >= 4 is 84.1 Å². The molecule has 1 aromatic heterocycles. The third kappa shape index (κ3) is 6.92. The minimum Gasteiger partial charge on any atom is -0.550 e. The van der Waals surface area contributed by atoms with Gasteiger partial charge >= 0.3 is 5.97 Å². The molecule has 49 heavy (non-hydrogen) atoms. The molecule has 0 radical (unpaired) electrons. The van der Waals surface area contributed by atoms with Crippen molar-refractivity contribution in [2.24, 2.45) is 0 Å². The van der Waals surface area contributed by atoms with E-state index in [0.29, 0.717) is 13.1 Å². The van der Waals surface area contributed by atoms with Crippen molar-refractivity contribution in [3.63, 3.8) is 0 Å². The zero-order valence-electron chi connectivity index (χ0n) is 26.5. The van der Waals surface area contributed by atoms with Gasteiger partial charge in [-0.2, -0.15) is 4.57 Å². The first kappa shape index (κ1) is 32.1. The summed E-state index contributed by atoms with van der Waals surface area (Å²) in [6.07, 6.45) is 12.2. The molecule has 0 saturated heterocycles. The number of rotatable bonds is 11. The number of thiazole rings is 1. The molecule has 6 aromatic rings. The molecule has 0 fully saturated rings. The average Bonchev–Trinajstić information content (AvgIpc) is 3.67. The lowest BCUT2D eigenvalue weighted by Gasteiger charge is -2.19. The second-order valence-corrected chi connectivity index (χ2v) is 13.7. The van der Waals surface area contributed by atoms with E-state index < -0.39 is 11.9 Å². The van der Waals surface area contributed by atoms with E-state index >= 15 is 0 Å². The Bertz CT molecular complexity index is 2340. The maximum absolute atomic E-state index is 11.5. The standard InChI is InChI=1S/C41H32N2O4S2/c44-38(45)24-26-42-34-22-20-30-12-4-6-16-32(30)40(34)48-36(42)18-8-14-29(28-10-2-1-3-11-28)15-9-19-37-43(27-25-39(46)47)35-23-21-31-13-5-7-17-33(31)41(35)49-37/h1-23H,24-27H2,(H-,44,45,46,47). The van der Waals surface area contributed by atoms with Crippen LogP contribution in [0.15, 0.2) is 143 Å². The van der Waals surface area contributed by atoms with Crippen LogP contribution >= 0.6 is 23.1 Å². The number of nitrogens with zero attached hydrogens (tertiary/aromatic N) is 2. The largest absolute Gasteiger partial charge is 0.550 e. The van der Waals surface area contributed by atoms with Crippen LogP contribution in [-0.2, 0) is 16.1 Å². The van der Waals surface area contributed by atoms with Crippen LogP contribution in [0.25, 0.3) is 43.4 Å². The van der Waals surface area contributed by atoms with Crippen molar-refractivity contribution < 1.29 is 24.4 Å². The first-order valence-electron chi connectivity index (χ1n) is 16.0. The number of hydrogen-bond acceptors (Lipinski definition) is 6. The van der Waals surface area contributed by atoms with E-state index in [2.05, 4.69) is 82.3 Å². The van der Waals surface area contributed by atoms with Crippen molar-refractivity contribution in [3.8, 4) is 0 Å². The van der Waals surface area contributed by atoms with Crippen molar-refractivity contribution in [1.29, 1.82) is 0 Å². The minimum absolute atomic E-state index is 0.0321. The van der Waals surface area contributed by atoms with Crippen molar-refractivity contribution in [3.05, 3.63) is 149 Å². The summed E-state index contributed by atoms with van der Waals surface area (Å²) in [6.45, 7) is 0.691. The maximum atomic E-state index is 11.5. The number of aryl methyl sites for hydroxylation is 1. The lowest BCUT2D eigenvalue weighted by Crippen LogP contribution is -2.38. The van der Waals surface area contributed by atoms with Crippen LogP contribution in [0, 0.1) is 0 Å². The zero-order chi connectivity index (χ0) is 33.7. The number of carbonyl (C=O) groups is 2. The van der Waals surface area contributed by atoms with E-state index in [9.17, 15) is 19.8 Å². The number of carboxylic acids is 2. The Balaban J connectivity index is 1.23. The highest BCUT2D eigenvalue weighted by Crippen LogP contribution is 2.49. The summed E-state index contributed by atoms with van der Waals surface area (Å²) in [6, 6.07) is 34.9. The van der Waals surface area contributed by atoms with Crippen LogP contribution in [0.5, 0.6) is 0 Å². The van der Waals surface area contributed by atoms with E-state index in [0.717, 1.165) is 63.5 Å². The zero-order valence-corrected chi connectivity index (χ0v) is 28.1. The fourth-order valence-corrected chi connectivity index (χ4v) is 8.59. The Morgan fingerprint density at radius 2 is 1.53 bits per heavy atom. The highest BCUT2D eigenvalue weighted by atomic mass is 32.2. The molecular weight excluding hydrogens is 649 g/mol. The van der Waals surface area contributed by atoms with Crippen LogP contribution in [0.1, 0.15) is 23.4 Å². The number of anilines is 1. The third-order valence-corrected chi connectivity index (χ3v) is 10.9. The summed E-state index contributed by atoms with van der Waals surface area (Å²) < 4.78 is 3.17. The highest BCUT2D eigenvalue weighted by molar-refractivity contribution is 8.04. The van der Waals surface area contributed by atoms with Gasteiger partial charge < -0.3 is 19.9 Å². The molecule has 5 aromatic carbocycles. The van der Waals surface area contributed by atoms with Crippen LogP contribution in [-0.4, -0.2) is 23.6 Å². The maximum Gasteiger partial charge on any atom is 0.305 e. The normalized spacial score (nSPS) is 14.2. The Labute approximate surface area is 292 Å². The van der Waals surface area contributed by atoms with Gasteiger partial charge in [-0.05, 0) is 45.5 Å². The minimum atomic E-state index is -1.08. The van der Waals surface area contributed by atoms with Crippen molar-refractivity contribution in [2.75, 3.05) is 11.4 Å². The fourth-order valence-electron chi connectivity index (χ4n) is 6.13. The van der Waals surface area contributed by atoms with E-state index in [1.807, 2.05) is 66.8 Å².